The molecule has 212 valence electrons. The first kappa shape index (κ1) is 28.2. The molecule has 4 aromatic rings. The van der Waals surface area contributed by atoms with Crippen LogP contribution in [0, 0.1) is 12.7 Å². The quantitative estimate of drug-likeness (QED) is 0.147. The number of halogens is 1. The number of hydrogen-bond donors (Lipinski definition) is 0. The van der Waals surface area contributed by atoms with Crippen LogP contribution in [0.4, 0.5) is 4.39 Å². The molecule has 0 amide bonds. The molecule has 3 nitrogen and oxygen atoms in total. The Morgan fingerprint density at radius 3 is 2.55 bits per heavy atom. The van der Waals surface area contributed by atoms with E-state index < -0.39 is 0 Å². The fourth-order valence-electron chi connectivity index (χ4n) is 6.58. The van der Waals surface area contributed by atoms with E-state index in [4.69, 9.17) is 21.3 Å². The minimum atomic E-state index is -0.284. The molecule has 2 aliphatic rings. The summed E-state index contributed by atoms with van der Waals surface area (Å²) in [5.74, 6) is 0.400. The maximum Gasteiger partial charge on any atom is 0.226 e. The molecule has 1 heterocycles. The highest BCUT2D eigenvalue weighted by Gasteiger charge is 2.57. The summed E-state index contributed by atoms with van der Waals surface area (Å²) < 4.78 is 21.8. The highest BCUT2D eigenvalue weighted by Crippen LogP contribution is 2.65. The Balaban J connectivity index is 1.61. The lowest BCUT2D eigenvalue weighted by atomic mass is 9.80. The van der Waals surface area contributed by atoms with Gasteiger partial charge in [0.1, 0.15) is 12.4 Å². The molecule has 1 aromatic heterocycles. The number of benzene rings is 3. The number of hydrogen-bond acceptors (Lipinski definition) is 4. The van der Waals surface area contributed by atoms with Gasteiger partial charge in [-0.05, 0) is 101 Å². The third-order valence-corrected chi connectivity index (χ3v) is 9.12. The number of rotatable bonds is 9. The predicted molar refractivity (Wildman–Crippen MR) is 174 cm³/mol. The molecule has 0 aliphatic heterocycles. The molecule has 1 fully saturated rings. The van der Waals surface area contributed by atoms with E-state index in [0.29, 0.717) is 29.6 Å². The molecule has 6 rings (SSSR count). The van der Waals surface area contributed by atoms with E-state index in [9.17, 15) is 0 Å². The van der Waals surface area contributed by atoms with Crippen molar-refractivity contribution in [2.24, 2.45) is 0 Å². The molecule has 0 radical (unpaired) electrons. The zero-order chi connectivity index (χ0) is 29.6. The second-order valence-corrected chi connectivity index (χ2v) is 11.8. The van der Waals surface area contributed by atoms with Gasteiger partial charge in [-0.2, -0.15) is 4.98 Å². The molecule has 0 saturated heterocycles. The van der Waals surface area contributed by atoms with Gasteiger partial charge in [-0.25, -0.2) is 9.37 Å². The van der Waals surface area contributed by atoms with Crippen LogP contribution in [0.3, 0.4) is 0 Å². The Labute approximate surface area is 252 Å². The van der Waals surface area contributed by atoms with Crippen LogP contribution in [-0.2, 0) is 18.4 Å². The van der Waals surface area contributed by atoms with E-state index in [2.05, 4.69) is 43.9 Å². The van der Waals surface area contributed by atoms with Crippen LogP contribution in [0.15, 0.2) is 84.6 Å². The molecule has 0 unspecified atom stereocenters. The smallest absolute Gasteiger partial charge is 0.226 e. The summed E-state index contributed by atoms with van der Waals surface area (Å²) in [6, 6.07) is 15.7. The maximum absolute atomic E-state index is 15.3. The Hall–Kier alpha value is -3.96. The zero-order valence-electron chi connectivity index (χ0n) is 24.7. The van der Waals surface area contributed by atoms with Gasteiger partial charge in [-0.3, -0.25) is 0 Å². The second kappa shape index (κ2) is 11.0. The van der Waals surface area contributed by atoms with Crippen LogP contribution in [0.2, 0.25) is 0 Å². The summed E-state index contributed by atoms with van der Waals surface area (Å²) in [5, 5.41) is 2.62. The van der Waals surface area contributed by atoms with Crippen molar-refractivity contribution in [3.8, 4) is 5.88 Å². The third-order valence-electron chi connectivity index (χ3n) is 8.58. The van der Waals surface area contributed by atoms with Crippen molar-refractivity contribution < 1.29 is 9.13 Å². The van der Waals surface area contributed by atoms with Crippen molar-refractivity contribution in [2.75, 3.05) is 6.26 Å². The average Bonchev–Trinajstić information content (AvgIpc) is 3.75. The Bertz CT molecular complexity index is 1820. The minimum absolute atomic E-state index is 0.191. The summed E-state index contributed by atoms with van der Waals surface area (Å²) in [7, 11) is 0. The zero-order valence-corrected chi connectivity index (χ0v) is 25.5. The molecule has 0 N–H and O–H groups in total. The van der Waals surface area contributed by atoms with Gasteiger partial charge in [0.15, 0.2) is 5.16 Å². The van der Waals surface area contributed by atoms with Crippen molar-refractivity contribution in [1.29, 1.82) is 0 Å². The van der Waals surface area contributed by atoms with Crippen molar-refractivity contribution in [3.63, 3.8) is 0 Å². The molecule has 0 atom stereocenters. The van der Waals surface area contributed by atoms with Gasteiger partial charge < -0.3 is 4.74 Å². The minimum Gasteiger partial charge on any atom is -0.472 e. The lowest BCUT2D eigenvalue weighted by Gasteiger charge is -2.23. The van der Waals surface area contributed by atoms with E-state index in [0.717, 1.165) is 73.8 Å². The number of fused-ring (bicyclic) bond motifs is 3. The summed E-state index contributed by atoms with van der Waals surface area (Å²) >= 11 is 1.52. The average molecular weight is 575 g/mol. The number of aryl methyl sites for hydroxylation is 2. The van der Waals surface area contributed by atoms with Crippen LogP contribution < -0.4 is 4.74 Å². The van der Waals surface area contributed by atoms with E-state index in [1.807, 2.05) is 50.4 Å². The second-order valence-electron chi connectivity index (χ2n) is 11.0. The van der Waals surface area contributed by atoms with Gasteiger partial charge >= 0.3 is 0 Å². The van der Waals surface area contributed by atoms with Crippen LogP contribution >= 0.6 is 11.8 Å². The predicted octanol–water partition coefficient (Wildman–Crippen LogP) is 9.67. The molecule has 42 heavy (non-hydrogen) atoms. The van der Waals surface area contributed by atoms with E-state index >= 15 is 4.39 Å². The SMILES string of the molecule is C=Cc1c(C)cc2ccc(F)c(CC)c2c1C(=C)C1=C(/C=C\C)c2c(OCc3ccccc3)nc(SC)nc2C12CC2. The fourth-order valence-corrected chi connectivity index (χ4v) is 6.93. The van der Waals surface area contributed by atoms with Crippen molar-refractivity contribution >= 4 is 39.8 Å². The van der Waals surface area contributed by atoms with E-state index in [1.54, 1.807) is 6.07 Å². The monoisotopic (exact) mass is 574 g/mol. The number of thioether (sulfide) groups is 1. The number of nitrogens with zero attached hydrogens (tertiary/aromatic N) is 2. The topological polar surface area (TPSA) is 35.0 Å². The Morgan fingerprint density at radius 1 is 1.14 bits per heavy atom. The first-order valence-electron chi connectivity index (χ1n) is 14.5. The number of ether oxygens (including phenoxy) is 1. The van der Waals surface area contributed by atoms with E-state index in [-0.39, 0.29) is 11.2 Å². The maximum atomic E-state index is 15.3. The van der Waals surface area contributed by atoms with Crippen molar-refractivity contribution in [3.05, 3.63) is 124 Å². The molecule has 0 bridgehead atoms. The van der Waals surface area contributed by atoms with Gasteiger partial charge in [-0.1, -0.05) is 92.5 Å². The summed E-state index contributed by atoms with van der Waals surface area (Å²) in [5.41, 5.74) is 9.54. The lowest BCUT2D eigenvalue weighted by Crippen LogP contribution is -2.13. The van der Waals surface area contributed by atoms with Crippen molar-refractivity contribution in [2.45, 2.75) is 57.2 Å². The molecule has 5 heteroatoms. The largest absolute Gasteiger partial charge is 0.472 e. The van der Waals surface area contributed by atoms with Crippen LogP contribution in [0.1, 0.15) is 65.8 Å². The molecule has 1 spiro atoms. The highest BCUT2D eigenvalue weighted by atomic mass is 32.2. The van der Waals surface area contributed by atoms with Gasteiger partial charge in [0.05, 0.1) is 11.3 Å². The Morgan fingerprint density at radius 2 is 1.90 bits per heavy atom. The summed E-state index contributed by atoms with van der Waals surface area (Å²) in [6.45, 7) is 15.5. The van der Waals surface area contributed by atoms with Crippen molar-refractivity contribution in [1.82, 2.24) is 9.97 Å². The highest BCUT2D eigenvalue weighted by molar-refractivity contribution is 7.98. The first-order valence-corrected chi connectivity index (χ1v) is 15.7. The summed E-state index contributed by atoms with van der Waals surface area (Å²) in [6.07, 6.45) is 10.6. The Kier molecular flexibility index (Phi) is 7.40. The first-order chi connectivity index (χ1) is 20.4. The molecular formula is C37H35FN2OS. The summed E-state index contributed by atoms with van der Waals surface area (Å²) in [4.78, 5) is 9.98. The van der Waals surface area contributed by atoms with Crippen LogP contribution in [0.25, 0.3) is 28.0 Å². The van der Waals surface area contributed by atoms with Gasteiger partial charge in [0, 0.05) is 5.41 Å². The van der Waals surface area contributed by atoms with Gasteiger partial charge in [-0.15, -0.1) is 0 Å². The molecule has 3 aromatic carbocycles. The molecule has 2 aliphatic carbocycles. The number of aromatic nitrogens is 2. The normalized spacial score (nSPS) is 15.1. The standard InChI is InChI=1S/C37H35FN2OS/c1-7-13-28-32-34(39-36(42-6)40-35(32)41-21-24-14-11-10-12-15-24)37(18-19-37)33(28)23(5)30-26(8-2)22(4)20-25-16-17-29(38)27(9-3)31(25)30/h7-8,10-17,20H,2,5,9,18-19,21H2,1,3-4,6H3/b13-7-. The van der Waals surface area contributed by atoms with Crippen LogP contribution in [-0.4, -0.2) is 16.2 Å². The molecule has 1 saturated carbocycles. The third kappa shape index (κ3) is 4.42. The van der Waals surface area contributed by atoms with Gasteiger partial charge in [0.2, 0.25) is 5.88 Å². The lowest BCUT2D eigenvalue weighted by molar-refractivity contribution is 0.289. The fraction of sp³-hybridized carbons (Fsp3) is 0.243. The van der Waals surface area contributed by atoms with E-state index in [1.165, 1.54) is 11.8 Å². The van der Waals surface area contributed by atoms with Crippen LogP contribution in [0.5, 0.6) is 5.88 Å². The van der Waals surface area contributed by atoms with Gasteiger partial charge in [0.25, 0.3) is 0 Å². The number of allylic oxidation sites excluding steroid dienone is 5. The molecular weight excluding hydrogens is 539 g/mol.